The summed E-state index contributed by atoms with van der Waals surface area (Å²) in [5.74, 6) is 0.821. The summed E-state index contributed by atoms with van der Waals surface area (Å²) < 4.78 is 11.8. The number of methoxy groups -OCH3 is 1. The minimum Gasteiger partial charge on any atom is -0.378 e. The van der Waals surface area contributed by atoms with Crippen molar-refractivity contribution < 1.29 is 9.47 Å². The van der Waals surface area contributed by atoms with Crippen molar-refractivity contribution in [2.45, 2.75) is 37.4 Å². The fraction of sp³-hybridized carbons (Fsp3) is 0.714. The monoisotopic (exact) mass is 263 g/mol. The summed E-state index contributed by atoms with van der Waals surface area (Å²) in [4.78, 5) is 10.9. The second-order valence-corrected chi connectivity index (χ2v) is 5.32. The molecule has 2 fully saturated rings. The Balaban J connectivity index is 1.68. The maximum Gasteiger partial charge on any atom is 0.225 e. The third-order valence-electron chi connectivity index (χ3n) is 4.32. The quantitative estimate of drug-likeness (QED) is 0.812. The van der Waals surface area contributed by atoms with Crippen molar-refractivity contribution in [1.82, 2.24) is 9.97 Å². The van der Waals surface area contributed by atoms with E-state index >= 15 is 0 Å². The highest BCUT2D eigenvalue weighted by atomic mass is 16.5. The van der Waals surface area contributed by atoms with Crippen LogP contribution in [-0.4, -0.2) is 48.5 Å². The van der Waals surface area contributed by atoms with Crippen molar-refractivity contribution in [2.75, 3.05) is 31.7 Å². The molecule has 5 heteroatoms. The second kappa shape index (κ2) is 5.43. The van der Waals surface area contributed by atoms with Crippen LogP contribution in [0.25, 0.3) is 0 Å². The number of hydrogen-bond donors (Lipinski definition) is 0. The van der Waals surface area contributed by atoms with E-state index in [1.165, 1.54) is 0 Å². The van der Waals surface area contributed by atoms with Crippen molar-refractivity contribution in [3.8, 4) is 0 Å². The van der Waals surface area contributed by atoms with E-state index in [1.54, 1.807) is 19.5 Å². The summed E-state index contributed by atoms with van der Waals surface area (Å²) in [6, 6.07) is 1.85. The predicted octanol–water partition coefficient (Wildman–Crippen LogP) is 1.64. The molecule has 3 rings (SSSR count). The third kappa shape index (κ3) is 2.44. The zero-order chi connectivity index (χ0) is 13.1. The molecule has 2 saturated heterocycles. The lowest BCUT2D eigenvalue weighted by Gasteiger charge is -2.47. The molecule has 104 valence electrons. The first-order valence-corrected chi connectivity index (χ1v) is 7.03. The van der Waals surface area contributed by atoms with E-state index in [1.807, 2.05) is 6.07 Å². The van der Waals surface area contributed by atoms with Crippen LogP contribution in [0.4, 0.5) is 5.95 Å². The molecule has 0 radical (unpaired) electrons. The van der Waals surface area contributed by atoms with Crippen LogP contribution in [0.1, 0.15) is 25.7 Å². The smallest absolute Gasteiger partial charge is 0.225 e. The van der Waals surface area contributed by atoms with E-state index in [0.717, 1.165) is 51.3 Å². The summed E-state index contributed by atoms with van der Waals surface area (Å²) in [6.07, 6.45) is 8.02. The molecule has 0 unspecified atom stereocenters. The van der Waals surface area contributed by atoms with Gasteiger partial charge in [-0.05, 0) is 31.7 Å². The molecule has 0 N–H and O–H groups in total. The number of aromatic nitrogens is 2. The molecular formula is C14H21N3O2. The Kier molecular flexibility index (Phi) is 3.66. The van der Waals surface area contributed by atoms with Crippen molar-refractivity contribution in [2.24, 2.45) is 0 Å². The summed E-state index contributed by atoms with van der Waals surface area (Å²) in [5.41, 5.74) is -0.0850. The Morgan fingerprint density at radius 1 is 1.32 bits per heavy atom. The van der Waals surface area contributed by atoms with Gasteiger partial charge in [0.15, 0.2) is 0 Å². The van der Waals surface area contributed by atoms with E-state index < -0.39 is 0 Å². The molecule has 0 aliphatic carbocycles. The zero-order valence-corrected chi connectivity index (χ0v) is 11.4. The first-order valence-electron chi connectivity index (χ1n) is 7.03. The lowest BCUT2D eigenvalue weighted by Crippen LogP contribution is -2.56. The first-order chi connectivity index (χ1) is 9.34. The number of nitrogens with zero attached hydrogens (tertiary/aromatic N) is 3. The molecule has 0 aromatic carbocycles. The molecule has 0 bridgehead atoms. The van der Waals surface area contributed by atoms with Crippen LogP contribution < -0.4 is 4.90 Å². The van der Waals surface area contributed by atoms with Gasteiger partial charge in [0.05, 0.1) is 11.7 Å². The standard InChI is InChI=1S/C14H21N3O2/c1-18-12-4-2-11-19-14(12)5-9-17(10-6-14)13-15-7-3-8-16-13/h3,7-8,12H,2,4-6,9-11H2,1H3/t12-/m0/s1. The van der Waals surface area contributed by atoms with Gasteiger partial charge in [0.1, 0.15) is 0 Å². The van der Waals surface area contributed by atoms with Crippen molar-refractivity contribution in [3.05, 3.63) is 18.5 Å². The van der Waals surface area contributed by atoms with Gasteiger partial charge < -0.3 is 14.4 Å². The van der Waals surface area contributed by atoms with Crippen LogP contribution in [0.5, 0.6) is 0 Å². The maximum absolute atomic E-state index is 6.10. The highest BCUT2D eigenvalue weighted by Crippen LogP contribution is 2.37. The molecule has 0 amide bonds. The maximum atomic E-state index is 6.10. The van der Waals surface area contributed by atoms with Gasteiger partial charge in [-0.25, -0.2) is 9.97 Å². The Labute approximate surface area is 113 Å². The van der Waals surface area contributed by atoms with E-state index in [4.69, 9.17) is 9.47 Å². The Morgan fingerprint density at radius 2 is 2.05 bits per heavy atom. The van der Waals surface area contributed by atoms with Crippen molar-refractivity contribution in [3.63, 3.8) is 0 Å². The van der Waals surface area contributed by atoms with E-state index in [9.17, 15) is 0 Å². The van der Waals surface area contributed by atoms with E-state index in [2.05, 4.69) is 14.9 Å². The van der Waals surface area contributed by atoms with Gasteiger partial charge >= 0.3 is 0 Å². The van der Waals surface area contributed by atoms with Gasteiger partial charge in [-0.15, -0.1) is 0 Å². The minimum absolute atomic E-state index is 0.0850. The molecule has 1 aromatic heterocycles. The van der Waals surface area contributed by atoms with Gasteiger partial charge in [-0.2, -0.15) is 0 Å². The van der Waals surface area contributed by atoms with Crippen LogP contribution in [0.2, 0.25) is 0 Å². The van der Waals surface area contributed by atoms with Gasteiger partial charge in [0, 0.05) is 39.2 Å². The second-order valence-electron chi connectivity index (χ2n) is 5.32. The molecule has 3 heterocycles. The van der Waals surface area contributed by atoms with Gasteiger partial charge in [-0.3, -0.25) is 0 Å². The average Bonchev–Trinajstić information content (AvgIpc) is 2.49. The van der Waals surface area contributed by atoms with Gasteiger partial charge in [0.2, 0.25) is 5.95 Å². The van der Waals surface area contributed by atoms with Crippen LogP contribution in [-0.2, 0) is 9.47 Å². The Morgan fingerprint density at radius 3 is 2.74 bits per heavy atom. The van der Waals surface area contributed by atoms with E-state index in [-0.39, 0.29) is 11.7 Å². The van der Waals surface area contributed by atoms with E-state index in [0.29, 0.717) is 0 Å². The molecule has 5 nitrogen and oxygen atoms in total. The van der Waals surface area contributed by atoms with Crippen LogP contribution >= 0.6 is 0 Å². The molecule has 19 heavy (non-hydrogen) atoms. The topological polar surface area (TPSA) is 47.5 Å². The number of rotatable bonds is 2. The minimum atomic E-state index is -0.0850. The number of ether oxygens (including phenoxy) is 2. The van der Waals surface area contributed by atoms with Gasteiger partial charge in [-0.1, -0.05) is 0 Å². The summed E-state index contributed by atoms with van der Waals surface area (Å²) in [5, 5.41) is 0. The number of piperidine rings is 1. The Hall–Kier alpha value is -1.20. The lowest BCUT2D eigenvalue weighted by molar-refractivity contribution is -0.175. The molecule has 1 atom stereocenters. The number of anilines is 1. The molecular weight excluding hydrogens is 242 g/mol. The van der Waals surface area contributed by atoms with Crippen molar-refractivity contribution >= 4 is 5.95 Å². The highest BCUT2D eigenvalue weighted by Gasteiger charge is 2.45. The molecule has 2 aliphatic rings. The molecule has 2 aliphatic heterocycles. The summed E-state index contributed by atoms with van der Waals surface area (Å²) in [7, 11) is 1.80. The molecule has 0 saturated carbocycles. The fourth-order valence-corrected chi connectivity index (χ4v) is 3.24. The molecule has 1 spiro atoms. The fourth-order valence-electron chi connectivity index (χ4n) is 3.24. The largest absolute Gasteiger partial charge is 0.378 e. The van der Waals surface area contributed by atoms with Crippen LogP contribution in [0.3, 0.4) is 0 Å². The average molecular weight is 263 g/mol. The lowest BCUT2D eigenvalue weighted by atomic mass is 9.82. The summed E-state index contributed by atoms with van der Waals surface area (Å²) in [6.45, 7) is 2.73. The molecule has 1 aromatic rings. The first kappa shape index (κ1) is 12.8. The van der Waals surface area contributed by atoms with Crippen LogP contribution in [0, 0.1) is 0 Å². The summed E-state index contributed by atoms with van der Waals surface area (Å²) >= 11 is 0. The van der Waals surface area contributed by atoms with Crippen molar-refractivity contribution in [1.29, 1.82) is 0 Å². The van der Waals surface area contributed by atoms with Crippen LogP contribution in [0.15, 0.2) is 18.5 Å². The Bertz CT molecular complexity index is 404. The SMILES string of the molecule is CO[C@H]1CCCOC12CCN(c1ncccn1)CC2. The third-order valence-corrected chi connectivity index (χ3v) is 4.32. The normalized spacial score (nSPS) is 26.6. The van der Waals surface area contributed by atoms with Gasteiger partial charge in [0.25, 0.3) is 0 Å². The zero-order valence-electron chi connectivity index (χ0n) is 11.4. The highest BCUT2D eigenvalue weighted by molar-refractivity contribution is 5.30. The number of hydrogen-bond acceptors (Lipinski definition) is 5. The predicted molar refractivity (Wildman–Crippen MR) is 72.2 cm³/mol.